The van der Waals surface area contributed by atoms with Crippen molar-refractivity contribution in [2.75, 3.05) is 12.4 Å². The minimum absolute atomic E-state index is 0.260. The Morgan fingerprint density at radius 3 is 2.48 bits per heavy atom. The first-order chi connectivity index (χ1) is 10.1. The van der Waals surface area contributed by atoms with E-state index in [1.807, 2.05) is 43.3 Å². The second-order valence-electron chi connectivity index (χ2n) is 4.28. The molecule has 0 saturated heterocycles. The molecule has 1 atom stereocenters. The van der Waals surface area contributed by atoms with Crippen LogP contribution in [-0.4, -0.2) is 30.3 Å². The molecule has 1 unspecified atom stereocenters. The molecule has 0 aliphatic heterocycles. The highest BCUT2D eigenvalue weighted by molar-refractivity contribution is 8.03. The second-order valence-corrected chi connectivity index (χ2v) is 5.61. The van der Waals surface area contributed by atoms with Gasteiger partial charge < -0.3 is 10.1 Å². The molecule has 0 heterocycles. The molecule has 0 saturated carbocycles. The molecule has 1 N–H and O–H groups in total. The Morgan fingerprint density at radius 1 is 1.29 bits per heavy atom. The molecule has 1 rings (SSSR count). The summed E-state index contributed by atoms with van der Waals surface area (Å²) in [5.74, 6) is 0.105. The summed E-state index contributed by atoms with van der Waals surface area (Å²) in [6, 6.07) is 8.93. The maximum atomic E-state index is 12.1. The molecule has 21 heavy (non-hydrogen) atoms. The summed E-state index contributed by atoms with van der Waals surface area (Å²) < 4.78 is 5.06. The van der Waals surface area contributed by atoms with Crippen LogP contribution < -0.4 is 5.32 Å². The van der Waals surface area contributed by atoms with E-state index in [4.69, 9.17) is 4.74 Å². The standard InChI is InChI=1S/C16H21NO3S/c1-4-20-16(19)15(17-12(3)18)14(21-5-2)11-13-9-7-6-8-10-13/h6-11,15H,4-5H2,1-3H3,(H,17,18)/b14-11+. The number of hydrogen-bond donors (Lipinski definition) is 1. The molecule has 1 aromatic rings. The Balaban J connectivity index is 3.09. The quantitative estimate of drug-likeness (QED) is 0.787. The summed E-state index contributed by atoms with van der Waals surface area (Å²) in [6.45, 7) is 5.42. The lowest BCUT2D eigenvalue weighted by Crippen LogP contribution is -2.41. The third kappa shape index (κ3) is 6.04. The lowest BCUT2D eigenvalue weighted by molar-refractivity contribution is -0.145. The number of ether oxygens (including phenoxy) is 1. The van der Waals surface area contributed by atoms with Crippen molar-refractivity contribution in [3.05, 3.63) is 40.8 Å². The monoisotopic (exact) mass is 307 g/mol. The molecule has 0 bridgehead atoms. The smallest absolute Gasteiger partial charge is 0.333 e. The highest BCUT2D eigenvalue weighted by Gasteiger charge is 2.25. The van der Waals surface area contributed by atoms with Crippen molar-refractivity contribution in [2.45, 2.75) is 26.8 Å². The van der Waals surface area contributed by atoms with Crippen LogP contribution >= 0.6 is 11.8 Å². The Bertz CT molecular complexity index is 500. The first kappa shape index (κ1) is 17.3. The van der Waals surface area contributed by atoms with Gasteiger partial charge in [0.2, 0.25) is 5.91 Å². The average Bonchev–Trinajstić information content (AvgIpc) is 2.45. The molecule has 0 aromatic heterocycles. The van der Waals surface area contributed by atoms with Gasteiger partial charge >= 0.3 is 5.97 Å². The molecule has 4 nitrogen and oxygen atoms in total. The number of carbonyl (C=O) groups is 2. The molecule has 1 amide bonds. The van der Waals surface area contributed by atoms with Crippen molar-refractivity contribution >= 4 is 29.7 Å². The summed E-state index contributed by atoms with van der Waals surface area (Å²) in [6.07, 6.45) is 1.91. The SMILES string of the molecule is CCOC(=O)C(NC(C)=O)/C(=C\c1ccccc1)SCC. The number of rotatable bonds is 7. The third-order valence-electron chi connectivity index (χ3n) is 2.57. The van der Waals surface area contributed by atoms with Gasteiger partial charge in [-0.3, -0.25) is 4.79 Å². The molecular formula is C16H21NO3S. The van der Waals surface area contributed by atoms with Crippen molar-refractivity contribution < 1.29 is 14.3 Å². The lowest BCUT2D eigenvalue weighted by Gasteiger charge is -2.19. The van der Waals surface area contributed by atoms with Gasteiger partial charge in [0.05, 0.1) is 6.61 Å². The minimum Gasteiger partial charge on any atom is -0.464 e. The van der Waals surface area contributed by atoms with E-state index in [9.17, 15) is 9.59 Å². The zero-order chi connectivity index (χ0) is 15.7. The number of carbonyl (C=O) groups excluding carboxylic acids is 2. The van der Waals surface area contributed by atoms with Crippen LogP contribution in [-0.2, 0) is 14.3 Å². The van der Waals surface area contributed by atoms with Crippen molar-refractivity contribution in [1.29, 1.82) is 0 Å². The van der Waals surface area contributed by atoms with E-state index in [1.165, 1.54) is 18.7 Å². The fraction of sp³-hybridized carbons (Fsp3) is 0.375. The van der Waals surface area contributed by atoms with Crippen LogP contribution in [0.3, 0.4) is 0 Å². The summed E-state index contributed by atoms with van der Waals surface area (Å²) in [4.78, 5) is 24.2. The molecule has 1 aromatic carbocycles. The number of thioether (sulfide) groups is 1. The van der Waals surface area contributed by atoms with Crippen LogP contribution in [0.15, 0.2) is 35.2 Å². The summed E-state index contributed by atoms with van der Waals surface area (Å²) in [5, 5.41) is 2.67. The minimum atomic E-state index is -0.757. The molecule has 5 heteroatoms. The highest BCUT2D eigenvalue weighted by atomic mass is 32.2. The number of nitrogens with one attached hydrogen (secondary N) is 1. The van der Waals surface area contributed by atoms with Crippen LogP contribution in [0.5, 0.6) is 0 Å². The van der Waals surface area contributed by atoms with E-state index in [-0.39, 0.29) is 12.5 Å². The van der Waals surface area contributed by atoms with Gasteiger partial charge in [0.25, 0.3) is 0 Å². The fourth-order valence-electron chi connectivity index (χ4n) is 1.76. The van der Waals surface area contributed by atoms with Crippen LogP contribution in [0, 0.1) is 0 Å². The average molecular weight is 307 g/mol. The van der Waals surface area contributed by atoms with Gasteiger partial charge in [0, 0.05) is 11.8 Å². The number of hydrogen-bond acceptors (Lipinski definition) is 4. The molecule has 0 spiro atoms. The van der Waals surface area contributed by atoms with E-state index < -0.39 is 12.0 Å². The van der Waals surface area contributed by atoms with E-state index in [2.05, 4.69) is 5.32 Å². The summed E-state index contributed by atoms with van der Waals surface area (Å²) in [7, 11) is 0. The van der Waals surface area contributed by atoms with Crippen LogP contribution in [0.2, 0.25) is 0 Å². The van der Waals surface area contributed by atoms with E-state index in [0.29, 0.717) is 0 Å². The molecule has 0 fully saturated rings. The Labute approximate surface area is 130 Å². The van der Waals surface area contributed by atoms with Gasteiger partial charge in [-0.05, 0) is 24.3 Å². The third-order valence-corrected chi connectivity index (χ3v) is 3.55. The van der Waals surface area contributed by atoms with Crippen molar-refractivity contribution in [3.63, 3.8) is 0 Å². The molecular weight excluding hydrogens is 286 g/mol. The van der Waals surface area contributed by atoms with Gasteiger partial charge in [-0.1, -0.05) is 37.3 Å². The number of amides is 1. The molecule has 114 valence electrons. The predicted octanol–water partition coefficient (Wildman–Crippen LogP) is 2.85. The maximum Gasteiger partial charge on any atom is 0.333 e. The van der Waals surface area contributed by atoms with Gasteiger partial charge in [-0.15, -0.1) is 11.8 Å². The summed E-state index contributed by atoms with van der Waals surface area (Å²) in [5.41, 5.74) is 0.980. The summed E-state index contributed by atoms with van der Waals surface area (Å²) >= 11 is 1.52. The lowest BCUT2D eigenvalue weighted by atomic mass is 10.1. The van der Waals surface area contributed by atoms with E-state index >= 15 is 0 Å². The molecule has 0 aliphatic carbocycles. The maximum absolute atomic E-state index is 12.1. The topological polar surface area (TPSA) is 55.4 Å². The highest BCUT2D eigenvalue weighted by Crippen LogP contribution is 2.23. The van der Waals surface area contributed by atoms with Crippen molar-refractivity contribution in [1.82, 2.24) is 5.32 Å². The molecule has 0 radical (unpaired) electrons. The van der Waals surface area contributed by atoms with Crippen LogP contribution in [0.1, 0.15) is 26.3 Å². The first-order valence-electron chi connectivity index (χ1n) is 6.91. The van der Waals surface area contributed by atoms with Crippen LogP contribution in [0.25, 0.3) is 6.08 Å². The fourth-order valence-corrected chi connectivity index (χ4v) is 2.64. The van der Waals surface area contributed by atoms with Crippen LogP contribution in [0.4, 0.5) is 0 Å². The second kappa shape index (κ2) is 9.23. The first-order valence-corrected chi connectivity index (χ1v) is 7.90. The zero-order valence-electron chi connectivity index (χ0n) is 12.6. The molecule has 0 aliphatic rings. The number of esters is 1. The van der Waals surface area contributed by atoms with Crippen molar-refractivity contribution in [3.8, 4) is 0 Å². The van der Waals surface area contributed by atoms with Crippen molar-refractivity contribution in [2.24, 2.45) is 0 Å². The van der Waals surface area contributed by atoms with E-state index in [1.54, 1.807) is 6.92 Å². The number of benzene rings is 1. The Hall–Kier alpha value is -1.75. The largest absolute Gasteiger partial charge is 0.464 e. The predicted molar refractivity (Wildman–Crippen MR) is 86.8 cm³/mol. The van der Waals surface area contributed by atoms with Gasteiger partial charge in [0.1, 0.15) is 0 Å². The Morgan fingerprint density at radius 2 is 1.95 bits per heavy atom. The Kier molecular flexibility index (Phi) is 7.61. The van der Waals surface area contributed by atoms with Gasteiger partial charge in [-0.25, -0.2) is 4.79 Å². The zero-order valence-corrected chi connectivity index (χ0v) is 13.4. The van der Waals surface area contributed by atoms with Gasteiger partial charge in [0.15, 0.2) is 6.04 Å². The van der Waals surface area contributed by atoms with Gasteiger partial charge in [-0.2, -0.15) is 0 Å². The normalized spacial score (nSPS) is 12.6. The van der Waals surface area contributed by atoms with E-state index in [0.717, 1.165) is 16.2 Å².